The summed E-state index contributed by atoms with van der Waals surface area (Å²) in [6.07, 6.45) is 0. The van der Waals surface area contributed by atoms with Crippen LogP contribution in [0.2, 0.25) is 0 Å². The Morgan fingerprint density at radius 2 is 1.45 bits per heavy atom. The van der Waals surface area contributed by atoms with Crippen molar-refractivity contribution in [1.82, 2.24) is 5.32 Å². The van der Waals surface area contributed by atoms with E-state index in [0.717, 1.165) is 11.1 Å². The summed E-state index contributed by atoms with van der Waals surface area (Å²) in [6.45, 7) is 5.78. The maximum atomic E-state index is 12.0. The number of hydrogen-bond donors (Lipinski definition) is 2. The van der Waals surface area contributed by atoms with Gasteiger partial charge >= 0.3 is 0 Å². The molecule has 0 aliphatic heterocycles. The van der Waals surface area contributed by atoms with Crippen LogP contribution in [0.4, 0.5) is 0 Å². The molecule has 0 heterocycles. The van der Waals surface area contributed by atoms with Crippen molar-refractivity contribution in [2.75, 3.05) is 0 Å². The largest absolute Gasteiger partial charge is 0.344 e. The number of nitrogens with two attached hydrogens (primary N) is 1. The quantitative estimate of drug-likeness (QED) is 0.909. The van der Waals surface area contributed by atoms with Gasteiger partial charge in [0.25, 0.3) is 0 Å². The van der Waals surface area contributed by atoms with Crippen molar-refractivity contribution in [3.05, 3.63) is 70.8 Å². The van der Waals surface area contributed by atoms with Gasteiger partial charge in [0, 0.05) is 0 Å². The minimum absolute atomic E-state index is 0. The molecule has 2 aromatic carbocycles. The smallest absolute Gasteiger partial charge is 0.237 e. The normalized spacial score (nSPS) is 11.7. The van der Waals surface area contributed by atoms with E-state index >= 15 is 0 Å². The van der Waals surface area contributed by atoms with Crippen molar-refractivity contribution in [3.63, 3.8) is 0 Å². The minimum Gasteiger partial charge on any atom is -0.344 e. The molecule has 2 rings (SSSR count). The predicted octanol–water partition coefficient (Wildman–Crippen LogP) is 3.28. The third-order valence-electron chi connectivity index (χ3n) is 3.45. The summed E-state index contributed by atoms with van der Waals surface area (Å²) < 4.78 is 0. The van der Waals surface area contributed by atoms with Gasteiger partial charge in [-0.2, -0.15) is 0 Å². The highest BCUT2D eigenvalue weighted by atomic mass is 35.5. The zero-order chi connectivity index (χ0) is 15.4. The molecule has 0 unspecified atom stereocenters. The molecule has 0 aliphatic rings. The molecule has 3 N–H and O–H groups in total. The number of aryl methyl sites for hydroxylation is 2. The molecule has 0 saturated heterocycles. The molecule has 0 bridgehead atoms. The van der Waals surface area contributed by atoms with Gasteiger partial charge in [0.15, 0.2) is 0 Å². The highest BCUT2D eigenvalue weighted by Crippen LogP contribution is 2.23. The zero-order valence-corrected chi connectivity index (χ0v) is 14.0. The summed E-state index contributed by atoms with van der Waals surface area (Å²) in [5, 5.41) is 3.04. The van der Waals surface area contributed by atoms with Gasteiger partial charge in [-0.05, 0) is 31.9 Å². The lowest BCUT2D eigenvalue weighted by molar-refractivity contribution is -0.122. The first-order valence-corrected chi connectivity index (χ1v) is 7.16. The lowest BCUT2D eigenvalue weighted by atomic mass is 9.96. The van der Waals surface area contributed by atoms with Crippen molar-refractivity contribution in [3.8, 4) is 0 Å². The lowest BCUT2D eigenvalue weighted by Crippen LogP contribution is -2.40. The SMILES string of the molecule is Cc1cccc(C(NC(=O)[C@@H](C)N)c2cccc(C)c2)c1.Cl. The fourth-order valence-corrected chi connectivity index (χ4v) is 2.33. The molecule has 0 saturated carbocycles. The number of amides is 1. The molecule has 0 aliphatic carbocycles. The Bertz CT molecular complexity index is 595. The Hall–Kier alpha value is -1.84. The first-order valence-electron chi connectivity index (χ1n) is 7.16. The van der Waals surface area contributed by atoms with Gasteiger partial charge in [0.2, 0.25) is 5.91 Å². The van der Waals surface area contributed by atoms with Crippen LogP contribution in [0.15, 0.2) is 48.5 Å². The molecule has 4 heteroatoms. The second-order valence-corrected chi connectivity index (χ2v) is 5.56. The number of hydrogen-bond acceptors (Lipinski definition) is 2. The van der Waals surface area contributed by atoms with Crippen LogP contribution in [0.1, 0.15) is 35.2 Å². The van der Waals surface area contributed by atoms with Gasteiger partial charge in [-0.15, -0.1) is 12.4 Å². The van der Waals surface area contributed by atoms with Gasteiger partial charge in [0.1, 0.15) is 0 Å². The van der Waals surface area contributed by atoms with Gasteiger partial charge in [-0.1, -0.05) is 59.7 Å². The first kappa shape index (κ1) is 18.2. The number of carbonyl (C=O) groups is 1. The molecular weight excluding hydrogens is 296 g/mol. The number of nitrogens with one attached hydrogen (secondary N) is 1. The van der Waals surface area contributed by atoms with Crippen LogP contribution in [-0.4, -0.2) is 11.9 Å². The van der Waals surface area contributed by atoms with Crippen LogP contribution in [0.3, 0.4) is 0 Å². The van der Waals surface area contributed by atoms with Crippen molar-refractivity contribution >= 4 is 18.3 Å². The predicted molar refractivity (Wildman–Crippen MR) is 93.2 cm³/mol. The fourth-order valence-electron chi connectivity index (χ4n) is 2.33. The van der Waals surface area contributed by atoms with E-state index in [-0.39, 0.29) is 24.4 Å². The number of benzene rings is 2. The van der Waals surface area contributed by atoms with Gasteiger partial charge < -0.3 is 11.1 Å². The monoisotopic (exact) mass is 318 g/mol. The van der Waals surface area contributed by atoms with Crippen LogP contribution in [0.25, 0.3) is 0 Å². The third-order valence-corrected chi connectivity index (χ3v) is 3.45. The summed E-state index contributed by atoms with van der Waals surface area (Å²) in [4.78, 5) is 12.0. The van der Waals surface area contributed by atoms with Crippen LogP contribution < -0.4 is 11.1 Å². The summed E-state index contributed by atoms with van der Waals surface area (Å²) in [7, 11) is 0. The molecule has 2 aromatic rings. The van der Waals surface area contributed by atoms with E-state index in [1.165, 1.54) is 11.1 Å². The maximum Gasteiger partial charge on any atom is 0.237 e. The van der Waals surface area contributed by atoms with Crippen molar-refractivity contribution < 1.29 is 4.79 Å². The molecule has 0 radical (unpaired) electrons. The highest BCUT2D eigenvalue weighted by molar-refractivity contribution is 5.85. The Balaban J connectivity index is 0.00000242. The molecular formula is C18H23ClN2O. The zero-order valence-electron chi connectivity index (χ0n) is 13.2. The van der Waals surface area contributed by atoms with Crippen LogP contribution in [0, 0.1) is 13.8 Å². The van der Waals surface area contributed by atoms with Crippen molar-refractivity contribution in [1.29, 1.82) is 0 Å². The average molecular weight is 319 g/mol. The Morgan fingerprint density at radius 3 is 1.82 bits per heavy atom. The van der Waals surface area contributed by atoms with Crippen LogP contribution in [0.5, 0.6) is 0 Å². The van der Waals surface area contributed by atoms with Crippen molar-refractivity contribution in [2.24, 2.45) is 5.73 Å². The van der Waals surface area contributed by atoms with Crippen LogP contribution >= 0.6 is 12.4 Å². The second kappa shape index (κ2) is 7.97. The second-order valence-electron chi connectivity index (χ2n) is 5.56. The molecule has 118 valence electrons. The van der Waals surface area contributed by atoms with E-state index in [4.69, 9.17) is 5.73 Å². The van der Waals surface area contributed by atoms with E-state index in [1.807, 2.05) is 50.2 Å². The highest BCUT2D eigenvalue weighted by Gasteiger charge is 2.18. The Labute approximate surface area is 138 Å². The fraction of sp³-hybridized carbons (Fsp3) is 0.278. The average Bonchev–Trinajstić information content (AvgIpc) is 2.44. The summed E-state index contributed by atoms with van der Waals surface area (Å²) in [5.74, 6) is -0.150. The topological polar surface area (TPSA) is 55.1 Å². The van der Waals surface area contributed by atoms with Gasteiger partial charge in [-0.25, -0.2) is 0 Å². The summed E-state index contributed by atoms with van der Waals surface area (Å²) in [6, 6.07) is 15.6. The van der Waals surface area contributed by atoms with Crippen LogP contribution in [-0.2, 0) is 4.79 Å². The molecule has 0 fully saturated rings. The van der Waals surface area contributed by atoms with Crippen molar-refractivity contribution in [2.45, 2.75) is 32.9 Å². The molecule has 1 atom stereocenters. The molecule has 3 nitrogen and oxygen atoms in total. The number of halogens is 1. The molecule has 0 spiro atoms. The first-order chi connectivity index (χ1) is 9.97. The minimum atomic E-state index is -0.526. The number of carbonyl (C=O) groups excluding carboxylic acids is 1. The molecule has 0 aromatic heterocycles. The number of rotatable bonds is 4. The van der Waals surface area contributed by atoms with E-state index in [9.17, 15) is 4.79 Å². The Morgan fingerprint density at radius 1 is 1.00 bits per heavy atom. The maximum absolute atomic E-state index is 12.0. The van der Waals surface area contributed by atoms with E-state index < -0.39 is 6.04 Å². The van der Waals surface area contributed by atoms with E-state index in [2.05, 4.69) is 17.4 Å². The summed E-state index contributed by atoms with van der Waals surface area (Å²) in [5.41, 5.74) is 10.2. The lowest BCUT2D eigenvalue weighted by Gasteiger charge is -2.22. The van der Waals surface area contributed by atoms with Gasteiger partial charge in [0.05, 0.1) is 12.1 Å². The molecule has 1 amide bonds. The third kappa shape index (κ3) is 4.58. The Kier molecular flexibility index (Phi) is 6.60. The van der Waals surface area contributed by atoms with E-state index in [0.29, 0.717) is 0 Å². The van der Waals surface area contributed by atoms with Gasteiger partial charge in [-0.3, -0.25) is 4.79 Å². The van der Waals surface area contributed by atoms with E-state index in [1.54, 1.807) is 6.92 Å². The standard InChI is InChI=1S/C18H22N2O.ClH/c1-12-6-4-8-15(10-12)17(20-18(21)14(3)19)16-9-5-7-13(2)11-16;/h4-11,14,17H,19H2,1-3H3,(H,20,21);1H/t14-;/m1./s1. The molecule has 22 heavy (non-hydrogen) atoms. The summed E-state index contributed by atoms with van der Waals surface area (Å²) >= 11 is 0.